The number of hydrogen-bond acceptors (Lipinski definition) is 3. The van der Waals surface area contributed by atoms with E-state index in [1.165, 1.54) is 0 Å². The first kappa shape index (κ1) is 14.0. The Labute approximate surface area is 117 Å². The zero-order chi connectivity index (χ0) is 13.7. The summed E-state index contributed by atoms with van der Waals surface area (Å²) in [5.74, 6) is 7.44. The molecule has 1 aromatic rings. The predicted molar refractivity (Wildman–Crippen MR) is 78.3 cm³/mol. The first-order valence-corrected chi connectivity index (χ1v) is 7.45. The number of carbonyl (C=O) groups is 1. The van der Waals surface area contributed by atoms with Crippen molar-refractivity contribution in [1.82, 2.24) is 5.32 Å². The largest absolute Gasteiger partial charge is 0.384 e. The maximum absolute atomic E-state index is 12.3. The number of aryl methyl sites for hydroxylation is 1. The number of benzene rings is 1. The van der Waals surface area contributed by atoms with Gasteiger partial charge in [-0.3, -0.25) is 4.79 Å². The summed E-state index contributed by atoms with van der Waals surface area (Å²) in [7, 11) is 0. The summed E-state index contributed by atoms with van der Waals surface area (Å²) >= 11 is 1.86. The average Bonchev–Trinajstić information content (AvgIpc) is 2.90. The second-order valence-electron chi connectivity index (χ2n) is 4.54. The fourth-order valence-electron chi connectivity index (χ4n) is 2.00. The van der Waals surface area contributed by atoms with Crippen LogP contribution in [0.15, 0.2) is 18.2 Å². The summed E-state index contributed by atoms with van der Waals surface area (Å²) in [6, 6.07) is 5.86. The Kier molecular flexibility index (Phi) is 4.89. The van der Waals surface area contributed by atoms with Crippen LogP contribution in [0.3, 0.4) is 0 Å². The van der Waals surface area contributed by atoms with Crippen LogP contribution in [0.2, 0.25) is 0 Å². The Hall–Kier alpha value is -1.44. The third kappa shape index (κ3) is 3.76. The number of carbonyl (C=O) groups excluding carboxylic acids is 1. The monoisotopic (exact) mass is 275 g/mol. The van der Waals surface area contributed by atoms with E-state index in [0.717, 1.165) is 23.5 Å². The van der Waals surface area contributed by atoms with Gasteiger partial charge >= 0.3 is 0 Å². The van der Waals surface area contributed by atoms with E-state index >= 15 is 0 Å². The molecule has 0 aromatic heterocycles. The van der Waals surface area contributed by atoms with E-state index < -0.39 is 0 Å². The molecular formula is C15H17NO2S. The average molecular weight is 275 g/mol. The number of nitrogens with one attached hydrogen (secondary N) is 1. The summed E-state index contributed by atoms with van der Waals surface area (Å²) < 4.78 is 0. The van der Waals surface area contributed by atoms with Crippen LogP contribution >= 0.6 is 11.8 Å². The fraction of sp³-hybridized carbons (Fsp3) is 0.400. The molecule has 1 aliphatic rings. The number of aliphatic hydroxyl groups is 1. The van der Waals surface area contributed by atoms with Crippen molar-refractivity contribution in [3.63, 3.8) is 0 Å². The number of amides is 1. The Morgan fingerprint density at radius 1 is 1.58 bits per heavy atom. The third-order valence-corrected chi connectivity index (χ3v) is 4.15. The molecular weight excluding hydrogens is 258 g/mol. The van der Waals surface area contributed by atoms with Crippen LogP contribution in [0.1, 0.15) is 27.9 Å². The molecule has 1 heterocycles. The van der Waals surface area contributed by atoms with Crippen LogP contribution in [0, 0.1) is 18.8 Å². The van der Waals surface area contributed by atoms with Gasteiger partial charge in [0, 0.05) is 17.4 Å². The molecule has 4 heteroatoms. The van der Waals surface area contributed by atoms with Gasteiger partial charge in [0.2, 0.25) is 0 Å². The molecule has 1 aromatic carbocycles. The highest BCUT2D eigenvalue weighted by Crippen LogP contribution is 2.18. The minimum atomic E-state index is -0.200. The maximum Gasteiger partial charge on any atom is 0.252 e. The molecule has 0 radical (unpaired) electrons. The number of aliphatic hydroxyl groups excluding tert-OH is 1. The Morgan fingerprint density at radius 3 is 3.11 bits per heavy atom. The van der Waals surface area contributed by atoms with Crippen molar-refractivity contribution in [2.24, 2.45) is 0 Å². The summed E-state index contributed by atoms with van der Waals surface area (Å²) in [5, 5.41) is 11.8. The van der Waals surface area contributed by atoms with Crippen molar-refractivity contribution in [2.75, 3.05) is 18.1 Å². The molecule has 1 atom stereocenters. The lowest BCUT2D eigenvalue weighted by molar-refractivity contribution is 0.0941. The summed E-state index contributed by atoms with van der Waals surface area (Å²) in [4.78, 5) is 12.3. The molecule has 0 saturated carbocycles. The van der Waals surface area contributed by atoms with Crippen molar-refractivity contribution in [3.05, 3.63) is 34.9 Å². The van der Waals surface area contributed by atoms with Crippen LogP contribution in [-0.4, -0.2) is 35.2 Å². The van der Waals surface area contributed by atoms with Crippen LogP contribution < -0.4 is 5.32 Å². The van der Waals surface area contributed by atoms with E-state index in [1.54, 1.807) is 0 Å². The molecule has 1 amide bonds. The van der Waals surface area contributed by atoms with Gasteiger partial charge in [-0.25, -0.2) is 0 Å². The molecule has 1 fully saturated rings. The lowest BCUT2D eigenvalue weighted by Crippen LogP contribution is -2.35. The summed E-state index contributed by atoms with van der Waals surface area (Å²) in [6.45, 7) is 1.75. The molecule has 0 aliphatic carbocycles. The minimum Gasteiger partial charge on any atom is -0.384 e. The fourth-order valence-corrected chi connectivity index (χ4v) is 3.15. The SMILES string of the molecule is Cc1ccc(C#CCO)c(C(=O)NC2CCSC2)c1. The van der Waals surface area contributed by atoms with Crippen LogP contribution in [-0.2, 0) is 0 Å². The van der Waals surface area contributed by atoms with E-state index in [-0.39, 0.29) is 18.6 Å². The highest BCUT2D eigenvalue weighted by molar-refractivity contribution is 7.99. The molecule has 100 valence electrons. The van der Waals surface area contributed by atoms with Gasteiger partial charge in [0.05, 0.1) is 5.56 Å². The normalized spacial score (nSPS) is 17.7. The molecule has 1 saturated heterocycles. The molecule has 2 rings (SSSR count). The summed E-state index contributed by atoms with van der Waals surface area (Å²) in [6.07, 6.45) is 1.03. The van der Waals surface area contributed by atoms with E-state index in [1.807, 2.05) is 36.9 Å². The molecule has 1 aliphatic heterocycles. The third-order valence-electron chi connectivity index (χ3n) is 2.99. The second-order valence-corrected chi connectivity index (χ2v) is 5.69. The standard InChI is InChI=1S/C15H17NO2S/c1-11-4-5-12(3-2-7-17)14(9-11)15(18)16-13-6-8-19-10-13/h4-5,9,13,17H,6-8,10H2,1H3,(H,16,18). The first-order chi connectivity index (χ1) is 9.20. The van der Waals surface area contributed by atoms with Gasteiger partial charge in [0.1, 0.15) is 6.61 Å². The highest BCUT2D eigenvalue weighted by Gasteiger charge is 2.19. The molecule has 3 nitrogen and oxygen atoms in total. The van der Waals surface area contributed by atoms with E-state index in [4.69, 9.17) is 5.11 Å². The van der Waals surface area contributed by atoms with Crippen LogP contribution in [0.4, 0.5) is 0 Å². The Bertz CT molecular complexity index is 525. The molecule has 1 unspecified atom stereocenters. The van der Waals surface area contributed by atoms with Crippen molar-refractivity contribution in [2.45, 2.75) is 19.4 Å². The smallest absolute Gasteiger partial charge is 0.252 e. The van der Waals surface area contributed by atoms with Gasteiger partial charge < -0.3 is 10.4 Å². The van der Waals surface area contributed by atoms with Gasteiger partial charge in [-0.1, -0.05) is 23.5 Å². The molecule has 0 bridgehead atoms. The first-order valence-electron chi connectivity index (χ1n) is 6.29. The van der Waals surface area contributed by atoms with Gasteiger partial charge in [-0.2, -0.15) is 11.8 Å². The summed E-state index contributed by atoms with van der Waals surface area (Å²) in [5.41, 5.74) is 2.29. The van der Waals surface area contributed by atoms with E-state index in [9.17, 15) is 4.79 Å². The van der Waals surface area contributed by atoms with Gasteiger partial charge in [0.15, 0.2) is 0 Å². The minimum absolute atomic E-state index is 0.0709. The van der Waals surface area contributed by atoms with Crippen molar-refractivity contribution in [1.29, 1.82) is 0 Å². The number of rotatable bonds is 2. The van der Waals surface area contributed by atoms with E-state index in [2.05, 4.69) is 17.2 Å². The predicted octanol–water partition coefficient (Wildman–Crippen LogP) is 1.57. The maximum atomic E-state index is 12.3. The van der Waals surface area contributed by atoms with Gasteiger partial charge in [-0.15, -0.1) is 0 Å². The lowest BCUT2D eigenvalue weighted by atomic mass is 10.0. The quantitative estimate of drug-likeness (QED) is 0.806. The highest BCUT2D eigenvalue weighted by atomic mass is 32.2. The van der Waals surface area contributed by atoms with Crippen LogP contribution in [0.25, 0.3) is 0 Å². The zero-order valence-electron chi connectivity index (χ0n) is 10.9. The number of thioether (sulfide) groups is 1. The van der Waals surface area contributed by atoms with Crippen molar-refractivity contribution in [3.8, 4) is 11.8 Å². The topological polar surface area (TPSA) is 49.3 Å². The lowest BCUT2D eigenvalue weighted by Gasteiger charge is -2.12. The number of hydrogen-bond donors (Lipinski definition) is 2. The van der Waals surface area contributed by atoms with Crippen LogP contribution in [0.5, 0.6) is 0 Å². The van der Waals surface area contributed by atoms with E-state index in [0.29, 0.717) is 11.1 Å². The Balaban J connectivity index is 2.20. The van der Waals surface area contributed by atoms with Crippen molar-refractivity contribution >= 4 is 17.7 Å². The Morgan fingerprint density at radius 2 is 2.42 bits per heavy atom. The molecule has 0 spiro atoms. The molecule has 2 N–H and O–H groups in total. The van der Waals surface area contributed by atoms with Crippen molar-refractivity contribution < 1.29 is 9.90 Å². The molecule has 19 heavy (non-hydrogen) atoms. The van der Waals surface area contributed by atoms with Gasteiger partial charge in [-0.05, 0) is 31.2 Å². The zero-order valence-corrected chi connectivity index (χ0v) is 11.7. The van der Waals surface area contributed by atoms with Gasteiger partial charge in [0.25, 0.3) is 5.91 Å². The second kappa shape index (κ2) is 6.65.